The number of fused-ring (bicyclic) bond motifs is 1. The van der Waals surface area contributed by atoms with Crippen LogP contribution in [-0.4, -0.2) is 56.7 Å². The third kappa shape index (κ3) is 8.01. The molecule has 1 aliphatic rings. The van der Waals surface area contributed by atoms with Gasteiger partial charge < -0.3 is 29.4 Å². The van der Waals surface area contributed by atoms with Crippen LogP contribution in [0.3, 0.4) is 0 Å². The number of aliphatic hydroxyl groups excluding tert-OH is 1. The summed E-state index contributed by atoms with van der Waals surface area (Å²) in [6.07, 6.45) is -0.451. The average Bonchev–Trinajstić information content (AvgIpc) is 3.97. The van der Waals surface area contributed by atoms with Gasteiger partial charge in [-0.05, 0) is 51.1 Å². The van der Waals surface area contributed by atoms with E-state index < -0.39 is 35.7 Å². The highest BCUT2D eigenvalue weighted by atomic mass is 16.6. The largest absolute Gasteiger partial charge is 0.497 e. The van der Waals surface area contributed by atoms with Gasteiger partial charge in [0, 0.05) is 0 Å². The fourth-order valence-electron chi connectivity index (χ4n) is 9.24. The van der Waals surface area contributed by atoms with Crippen molar-refractivity contribution in [2.24, 2.45) is 0 Å². The van der Waals surface area contributed by atoms with Crippen LogP contribution in [0.1, 0.15) is 45.2 Å². The van der Waals surface area contributed by atoms with Gasteiger partial charge >= 0.3 is 0 Å². The molecular formula is C56H49N5O5. The molecule has 328 valence electrons. The van der Waals surface area contributed by atoms with Crippen molar-refractivity contribution < 1.29 is 24.1 Å². The maximum atomic E-state index is 12.4. The van der Waals surface area contributed by atoms with Crippen molar-refractivity contribution in [3.63, 3.8) is 0 Å². The van der Waals surface area contributed by atoms with E-state index in [4.69, 9.17) is 33.9 Å². The Morgan fingerprint density at radius 1 is 0.591 bits per heavy atom. The minimum Gasteiger partial charge on any atom is -0.497 e. The average molecular weight is 872 g/mol. The molecule has 66 heavy (non-hydrogen) atoms. The van der Waals surface area contributed by atoms with Gasteiger partial charge in [-0.1, -0.05) is 194 Å². The highest BCUT2D eigenvalue weighted by Crippen LogP contribution is 2.44. The van der Waals surface area contributed by atoms with Crippen molar-refractivity contribution >= 4 is 17.0 Å². The zero-order valence-corrected chi connectivity index (χ0v) is 36.4. The Hall–Kier alpha value is -7.47. The normalized spacial score (nSPS) is 17.4. The van der Waals surface area contributed by atoms with E-state index in [0.717, 1.165) is 44.7 Å². The predicted octanol–water partition coefficient (Wildman–Crippen LogP) is 10.1. The van der Waals surface area contributed by atoms with Crippen LogP contribution >= 0.6 is 0 Å². The summed E-state index contributed by atoms with van der Waals surface area (Å²) in [7, 11) is 1.64. The molecule has 0 unspecified atom stereocenters. The lowest BCUT2D eigenvalue weighted by molar-refractivity contribution is -0.0968. The molecule has 3 heterocycles. The number of hydrogen-bond acceptors (Lipinski definition) is 9. The Balaban J connectivity index is 1.04. The molecule has 1 saturated heterocycles. The molecule has 9 aromatic rings. The van der Waals surface area contributed by atoms with E-state index in [2.05, 4.69) is 78.1 Å². The van der Waals surface area contributed by atoms with E-state index in [1.807, 2.05) is 138 Å². The number of anilines is 1. The molecule has 1 fully saturated rings. The maximum absolute atomic E-state index is 12.4. The van der Waals surface area contributed by atoms with Crippen LogP contribution in [0.5, 0.6) is 5.75 Å². The smallest absolute Gasteiger partial charge is 0.167 e. The summed E-state index contributed by atoms with van der Waals surface area (Å²) in [4.78, 5) is 14.6. The molecule has 0 aliphatic carbocycles. The number of ether oxygens (including phenoxy) is 4. The minimum atomic E-state index is -1.12. The first-order valence-corrected chi connectivity index (χ1v) is 22.1. The first kappa shape index (κ1) is 42.5. The summed E-state index contributed by atoms with van der Waals surface area (Å²) in [6.45, 7) is 0.213. The molecule has 1 aliphatic heterocycles. The van der Waals surface area contributed by atoms with E-state index in [1.54, 1.807) is 13.4 Å². The van der Waals surface area contributed by atoms with Crippen molar-refractivity contribution in [2.75, 3.05) is 19.0 Å². The zero-order chi connectivity index (χ0) is 44.8. The number of hydrogen-bond donors (Lipinski definition) is 2. The lowest BCUT2D eigenvalue weighted by atomic mass is 9.77. The highest BCUT2D eigenvalue weighted by molar-refractivity contribution is 5.84. The molecule has 0 radical (unpaired) electrons. The van der Waals surface area contributed by atoms with Crippen molar-refractivity contribution in [1.82, 2.24) is 19.5 Å². The number of nitrogens with zero attached hydrogens (tertiary/aromatic N) is 4. The quantitative estimate of drug-likeness (QED) is 0.0917. The minimum absolute atomic E-state index is 0.0148. The Kier molecular flexibility index (Phi) is 12.2. The van der Waals surface area contributed by atoms with Gasteiger partial charge in [-0.15, -0.1) is 0 Å². The zero-order valence-electron chi connectivity index (χ0n) is 36.4. The summed E-state index contributed by atoms with van der Waals surface area (Å²) in [5.74, 6) is 1.25. The first-order chi connectivity index (χ1) is 32.6. The number of methoxy groups -OCH3 is 1. The van der Waals surface area contributed by atoms with Gasteiger partial charge in [0.05, 0.1) is 26.7 Å². The summed E-state index contributed by atoms with van der Waals surface area (Å²) >= 11 is 0. The van der Waals surface area contributed by atoms with Gasteiger partial charge in [-0.25, -0.2) is 15.0 Å². The molecule has 0 amide bonds. The molecule has 2 N–H and O–H groups in total. The van der Waals surface area contributed by atoms with Gasteiger partial charge in [0.15, 0.2) is 23.2 Å². The molecule has 10 nitrogen and oxygen atoms in total. The van der Waals surface area contributed by atoms with Crippen LogP contribution in [0.2, 0.25) is 0 Å². The third-order valence-corrected chi connectivity index (χ3v) is 12.5. The number of nitrogens with one attached hydrogen (secondary N) is 1. The van der Waals surface area contributed by atoms with Gasteiger partial charge in [-0.2, -0.15) is 0 Å². The van der Waals surface area contributed by atoms with Gasteiger partial charge in [0.2, 0.25) is 0 Å². The fourth-order valence-corrected chi connectivity index (χ4v) is 9.24. The van der Waals surface area contributed by atoms with Gasteiger partial charge in [0.1, 0.15) is 41.5 Å². The molecule has 4 atom stereocenters. The number of imidazole rings is 1. The molecule has 10 rings (SSSR count). The molecule has 0 spiro atoms. The van der Waals surface area contributed by atoms with E-state index in [0.29, 0.717) is 17.0 Å². The van der Waals surface area contributed by atoms with E-state index >= 15 is 0 Å². The van der Waals surface area contributed by atoms with Crippen LogP contribution in [0, 0.1) is 0 Å². The Bertz CT molecular complexity index is 2750. The van der Waals surface area contributed by atoms with E-state index in [9.17, 15) is 5.11 Å². The second-order valence-corrected chi connectivity index (χ2v) is 16.3. The second kappa shape index (κ2) is 18.9. The lowest BCUT2D eigenvalue weighted by Gasteiger charge is -2.37. The summed E-state index contributed by atoms with van der Waals surface area (Å²) in [6, 6.07) is 69.1. The predicted molar refractivity (Wildman–Crippen MR) is 255 cm³/mol. The summed E-state index contributed by atoms with van der Waals surface area (Å²) in [5.41, 5.74) is 5.88. The number of aromatic nitrogens is 4. The Morgan fingerprint density at radius 3 is 1.53 bits per heavy atom. The highest BCUT2D eigenvalue weighted by Gasteiger charge is 2.48. The number of aliphatic hydroxyl groups is 1. The maximum Gasteiger partial charge on any atom is 0.167 e. The molecule has 10 heteroatoms. The van der Waals surface area contributed by atoms with Crippen LogP contribution in [0.4, 0.5) is 5.82 Å². The molecule has 2 aromatic heterocycles. The molecule has 7 aromatic carbocycles. The van der Waals surface area contributed by atoms with Crippen LogP contribution < -0.4 is 10.1 Å². The van der Waals surface area contributed by atoms with Crippen LogP contribution in [0.15, 0.2) is 219 Å². The Labute approximate surface area is 384 Å². The fraction of sp³-hybridized carbons (Fsp3) is 0.161. The standard InChI is InChI=1S/C56H49N5O5/c1-63-47-34-32-40(33-35-47)36-64-51-50(62)48(37-65-56(44-26-14-5-15-27-44,45-28-16-6-17-29-45)46-30-18-7-19-31-46)66-54(51)61-39-59-49-52(57-38-58-53(49)61)60-55(41-20-8-2-9-21-41,42-22-10-3-11-23-42)43-24-12-4-13-25-43/h2-35,38-39,48,50-51,54,62H,36-37H2,1H3,(H,57,58,60)/t48-,50-,51-,54-/m1/s1. The third-order valence-electron chi connectivity index (χ3n) is 12.5. The number of benzene rings is 7. The number of rotatable bonds is 16. The van der Waals surface area contributed by atoms with E-state index in [1.165, 1.54) is 6.33 Å². The summed E-state index contributed by atoms with van der Waals surface area (Å²) in [5, 5.41) is 16.3. The lowest BCUT2D eigenvalue weighted by Crippen LogP contribution is -2.40. The van der Waals surface area contributed by atoms with Crippen molar-refractivity contribution in [1.29, 1.82) is 0 Å². The van der Waals surface area contributed by atoms with Crippen LogP contribution in [-0.2, 0) is 32.0 Å². The van der Waals surface area contributed by atoms with Crippen LogP contribution in [0.25, 0.3) is 11.2 Å². The monoisotopic (exact) mass is 871 g/mol. The van der Waals surface area contributed by atoms with Crippen molar-refractivity contribution in [2.45, 2.75) is 42.3 Å². The first-order valence-electron chi connectivity index (χ1n) is 22.1. The molecule has 0 bridgehead atoms. The molecular weight excluding hydrogens is 823 g/mol. The summed E-state index contributed by atoms with van der Waals surface area (Å²) < 4.78 is 28.1. The van der Waals surface area contributed by atoms with Crippen molar-refractivity contribution in [3.05, 3.63) is 258 Å². The van der Waals surface area contributed by atoms with Crippen molar-refractivity contribution in [3.8, 4) is 5.75 Å². The van der Waals surface area contributed by atoms with Gasteiger partial charge in [-0.3, -0.25) is 4.57 Å². The SMILES string of the molecule is COc1ccc(CO[C@@H]2[C@H](O)[C@@H](COC(c3ccccc3)(c3ccccc3)c3ccccc3)O[C@H]2n2cnc3c(NC(c4ccccc4)(c4ccccc4)c4ccccc4)ncnc32)cc1. The second-order valence-electron chi connectivity index (χ2n) is 16.3. The van der Waals surface area contributed by atoms with E-state index in [-0.39, 0.29) is 13.2 Å². The topological polar surface area (TPSA) is 113 Å². The Morgan fingerprint density at radius 2 is 1.06 bits per heavy atom. The van der Waals surface area contributed by atoms with Gasteiger partial charge in [0.25, 0.3) is 0 Å². The molecule has 0 saturated carbocycles.